The fraction of sp³-hybridized carbons (Fsp3) is 0.519. The molecular weight excluding hydrogens is 481 g/mol. The molecule has 3 aliphatic carbocycles. The molecule has 4 aliphatic rings. The van der Waals surface area contributed by atoms with Crippen molar-refractivity contribution in [1.82, 2.24) is 9.80 Å². The molecule has 2 fully saturated rings. The van der Waals surface area contributed by atoms with Crippen LogP contribution in [0.3, 0.4) is 0 Å². The molecule has 10 heteroatoms. The Balaban J connectivity index is 1.57. The number of benzene rings is 1. The fourth-order valence-corrected chi connectivity index (χ4v) is 6.78. The third-order valence-corrected chi connectivity index (χ3v) is 8.46. The van der Waals surface area contributed by atoms with E-state index < -0.39 is 58.8 Å². The van der Waals surface area contributed by atoms with E-state index in [-0.39, 0.29) is 22.6 Å². The number of aromatic hydroxyl groups is 1. The quantitative estimate of drug-likeness (QED) is 0.352. The van der Waals surface area contributed by atoms with Crippen LogP contribution in [0.15, 0.2) is 29.0 Å². The maximum absolute atomic E-state index is 13.8. The number of primary amides is 1. The Hall–Kier alpha value is -3.24. The minimum atomic E-state index is -1.27. The molecule has 1 aromatic carbocycles. The molecule has 5 rings (SSSR count). The summed E-state index contributed by atoms with van der Waals surface area (Å²) >= 11 is 0. The first-order valence-corrected chi connectivity index (χ1v) is 12.6. The van der Waals surface area contributed by atoms with Gasteiger partial charge in [-0.15, -0.1) is 0 Å². The third-order valence-electron chi connectivity index (χ3n) is 8.46. The highest BCUT2D eigenvalue weighted by atomic mass is 19.1. The number of likely N-dealkylation sites (tertiary alicyclic amines) is 1. The smallest absolute Gasteiger partial charge is 0.255 e. The molecule has 37 heavy (non-hydrogen) atoms. The van der Waals surface area contributed by atoms with Crippen LogP contribution in [-0.2, 0) is 27.3 Å². The van der Waals surface area contributed by atoms with Gasteiger partial charge in [0, 0.05) is 25.2 Å². The van der Waals surface area contributed by atoms with Crippen LogP contribution in [0, 0.1) is 17.8 Å². The Labute approximate surface area is 214 Å². The second kappa shape index (κ2) is 9.25. The first-order chi connectivity index (χ1) is 17.5. The number of phenolic OH excluding ortho intramolecular Hbond substituents is 1. The zero-order chi connectivity index (χ0) is 26.8. The highest BCUT2D eigenvalue weighted by molar-refractivity contribution is 6.28. The van der Waals surface area contributed by atoms with Gasteiger partial charge in [0.2, 0.25) is 0 Å². The molecule has 1 amide bonds. The third kappa shape index (κ3) is 4.02. The molecule has 9 nitrogen and oxygen atoms in total. The molecule has 0 bridgehead atoms. The minimum Gasteiger partial charge on any atom is -0.510 e. The van der Waals surface area contributed by atoms with E-state index in [0.29, 0.717) is 45.3 Å². The average molecular weight is 514 g/mol. The van der Waals surface area contributed by atoms with Crippen molar-refractivity contribution in [3.05, 3.63) is 45.7 Å². The molecule has 5 N–H and O–H groups in total. The normalized spacial score (nSPS) is 28.9. The summed E-state index contributed by atoms with van der Waals surface area (Å²) in [6.07, 6.45) is 0.778. The Morgan fingerprint density at radius 2 is 1.81 bits per heavy atom. The van der Waals surface area contributed by atoms with Crippen molar-refractivity contribution in [2.45, 2.75) is 44.4 Å². The number of ketones is 2. The van der Waals surface area contributed by atoms with E-state index in [4.69, 9.17) is 5.73 Å². The summed E-state index contributed by atoms with van der Waals surface area (Å²) < 4.78 is 13.6. The van der Waals surface area contributed by atoms with E-state index in [1.165, 1.54) is 6.07 Å². The van der Waals surface area contributed by atoms with E-state index in [0.717, 1.165) is 11.1 Å². The second-order valence-corrected chi connectivity index (χ2v) is 10.9. The van der Waals surface area contributed by atoms with Crippen molar-refractivity contribution >= 4 is 23.2 Å². The van der Waals surface area contributed by atoms with Crippen LogP contribution in [0.1, 0.15) is 36.0 Å². The standard InChI is InChI=1S/C27H32FN3O6/c1-30(2)22-16-10-13-9-15-12(11-31-7-5-14(28)6-8-31)3-4-17(32)19(15)23(33)18(13)24(34)20(16)25(35)21(26(22)36)27(29)37/h3-4,13-14,16,20,22,32-33,36H,5-11H2,1-2H3,(H2,29,37)/t13?,16?,20?,22-/m0/s1. The molecule has 198 valence electrons. The minimum absolute atomic E-state index is 0.0653. The van der Waals surface area contributed by atoms with Crippen LogP contribution in [-0.4, -0.2) is 82.0 Å². The Kier molecular flexibility index (Phi) is 6.35. The Morgan fingerprint density at radius 3 is 2.43 bits per heavy atom. The SMILES string of the molecule is CN(C)[C@@H]1C(O)=C(C(N)=O)C(=O)C2C(=O)C3=C(O)c4c(O)ccc(CN5CCC(F)CC5)c4CC3CC21. The van der Waals surface area contributed by atoms with E-state index in [9.17, 15) is 34.1 Å². The summed E-state index contributed by atoms with van der Waals surface area (Å²) in [5.74, 6) is -5.84. The zero-order valence-corrected chi connectivity index (χ0v) is 20.9. The lowest BCUT2D eigenvalue weighted by molar-refractivity contribution is -0.136. The number of likely N-dealkylation sites (N-methyl/N-ethyl adjacent to an activating group) is 1. The maximum Gasteiger partial charge on any atom is 0.255 e. The number of Topliss-reactive ketones (excluding diaryl/α,β-unsaturated/α-hetero) is 2. The number of alkyl halides is 1. The monoisotopic (exact) mass is 513 g/mol. The number of halogens is 1. The first kappa shape index (κ1) is 25.4. The first-order valence-electron chi connectivity index (χ1n) is 12.6. The molecule has 1 aliphatic heterocycles. The highest BCUT2D eigenvalue weighted by Crippen LogP contribution is 2.50. The van der Waals surface area contributed by atoms with Gasteiger partial charge in [-0.3, -0.25) is 24.2 Å². The van der Waals surface area contributed by atoms with Gasteiger partial charge >= 0.3 is 0 Å². The molecular formula is C27H32FN3O6. The van der Waals surface area contributed by atoms with Crippen LogP contribution >= 0.6 is 0 Å². The molecule has 0 radical (unpaired) electrons. The van der Waals surface area contributed by atoms with E-state index in [1.54, 1.807) is 25.1 Å². The predicted octanol–water partition coefficient (Wildman–Crippen LogP) is 1.78. The second-order valence-electron chi connectivity index (χ2n) is 10.9. The number of hydrogen-bond donors (Lipinski definition) is 4. The number of piperidine rings is 1. The largest absolute Gasteiger partial charge is 0.510 e. The molecule has 1 heterocycles. The summed E-state index contributed by atoms with van der Waals surface area (Å²) in [7, 11) is 3.37. The van der Waals surface area contributed by atoms with Crippen molar-refractivity contribution < 1.29 is 34.1 Å². The zero-order valence-electron chi connectivity index (χ0n) is 20.9. The molecule has 1 aromatic rings. The number of nitrogens with two attached hydrogens (primary N) is 1. The van der Waals surface area contributed by atoms with Crippen LogP contribution in [0.4, 0.5) is 4.39 Å². The Morgan fingerprint density at radius 1 is 1.14 bits per heavy atom. The number of hydrogen-bond acceptors (Lipinski definition) is 8. The van der Waals surface area contributed by atoms with E-state index in [2.05, 4.69) is 4.90 Å². The summed E-state index contributed by atoms with van der Waals surface area (Å²) in [6, 6.07) is 2.50. The Bertz CT molecular complexity index is 1250. The van der Waals surface area contributed by atoms with Gasteiger partial charge < -0.3 is 21.1 Å². The van der Waals surface area contributed by atoms with Crippen LogP contribution in [0.5, 0.6) is 5.75 Å². The van der Waals surface area contributed by atoms with Crippen molar-refractivity contribution in [1.29, 1.82) is 0 Å². The number of allylic oxidation sites excluding steroid dienone is 1. The number of carbonyl (C=O) groups is 3. The highest BCUT2D eigenvalue weighted by Gasteiger charge is 2.55. The van der Waals surface area contributed by atoms with Crippen LogP contribution in [0.25, 0.3) is 5.76 Å². The molecule has 1 saturated heterocycles. The topological polar surface area (TPSA) is 144 Å². The number of aliphatic hydroxyl groups excluding tert-OH is 2. The van der Waals surface area contributed by atoms with E-state index in [1.807, 2.05) is 0 Å². The predicted molar refractivity (Wildman–Crippen MR) is 132 cm³/mol. The number of rotatable bonds is 4. The summed E-state index contributed by atoms with van der Waals surface area (Å²) in [5.41, 5.74) is 6.66. The maximum atomic E-state index is 13.8. The van der Waals surface area contributed by atoms with Crippen LogP contribution < -0.4 is 5.73 Å². The summed E-state index contributed by atoms with van der Waals surface area (Å²) in [5, 5.41) is 32.8. The number of phenols is 1. The van der Waals surface area contributed by atoms with Gasteiger partial charge in [0.1, 0.15) is 29.0 Å². The molecule has 4 atom stereocenters. The van der Waals surface area contributed by atoms with E-state index >= 15 is 0 Å². The number of carbonyl (C=O) groups excluding carboxylic acids is 3. The van der Waals surface area contributed by atoms with Gasteiger partial charge in [0.25, 0.3) is 5.91 Å². The van der Waals surface area contributed by atoms with Gasteiger partial charge in [-0.1, -0.05) is 6.07 Å². The summed E-state index contributed by atoms with van der Waals surface area (Å²) in [4.78, 5) is 42.8. The molecule has 1 saturated carbocycles. The van der Waals surface area contributed by atoms with Gasteiger partial charge in [0.15, 0.2) is 11.6 Å². The van der Waals surface area contributed by atoms with Gasteiger partial charge in [-0.25, -0.2) is 4.39 Å². The van der Waals surface area contributed by atoms with Crippen molar-refractivity contribution in [3.63, 3.8) is 0 Å². The molecule has 0 aromatic heterocycles. The van der Waals surface area contributed by atoms with Crippen molar-refractivity contribution in [2.75, 3.05) is 27.2 Å². The lowest BCUT2D eigenvalue weighted by atomic mass is 9.59. The number of aliphatic hydroxyl groups is 2. The molecule has 3 unspecified atom stereocenters. The lowest BCUT2D eigenvalue weighted by Crippen LogP contribution is -2.55. The number of fused-ring (bicyclic) bond motifs is 3. The van der Waals surface area contributed by atoms with Crippen molar-refractivity contribution in [2.24, 2.45) is 23.5 Å². The van der Waals surface area contributed by atoms with Crippen molar-refractivity contribution in [3.8, 4) is 5.75 Å². The average Bonchev–Trinajstić information content (AvgIpc) is 2.81. The molecule has 0 spiro atoms. The van der Waals surface area contributed by atoms with Gasteiger partial charge in [-0.05, 0) is 68.8 Å². The van der Waals surface area contributed by atoms with Crippen LogP contribution in [0.2, 0.25) is 0 Å². The number of amides is 1. The fourth-order valence-electron chi connectivity index (χ4n) is 6.78. The number of nitrogens with zero attached hydrogens (tertiary/aromatic N) is 2. The van der Waals surface area contributed by atoms with Gasteiger partial charge in [0.05, 0.1) is 17.5 Å². The van der Waals surface area contributed by atoms with Gasteiger partial charge in [-0.2, -0.15) is 0 Å². The summed E-state index contributed by atoms with van der Waals surface area (Å²) in [6.45, 7) is 1.74. The lowest BCUT2D eigenvalue weighted by Gasteiger charge is -2.46.